The number of aromatic nitrogens is 4. The molecule has 5 nitrogen and oxygen atoms in total. The summed E-state index contributed by atoms with van der Waals surface area (Å²) in [6.45, 7) is 1.89. The van der Waals surface area contributed by atoms with Gasteiger partial charge in [-0.3, -0.25) is 0 Å². The van der Waals surface area contributed by atoms with Crippen molar-refractivity contribution < 1.29 is 0 Å². The Balaban J connectivity index is 2.44. The first-order valence-electron chi connectivity index (χ1n) is 3.96. The molecular weight excluding hydrogens is 293 g/mol. The lowest BCUT2D eigenvalue weighted by Gasteiger charge is -1.97. The molecule has 2 heterocycles. The third-order valence-corrected chi connectivity index (χ3v) is 2.30. The molecule has 14 heavy (non-hydrogen) atoms. The van der Waals surface area contributed by atoms with E-state index in [0.717, 1.165) is 9.13 Å². The number of rotatable bonds is 1. The van der Waals surface area contributed by atoms with Gasteiger partial charge >= 0.3 is 0 Å². The lowest BCUT2D eigenvalue weighted by molar-refractivity contribution is 0.809. The van der Waals surface area contributed by atoms with E-state index >= 15 is 0 Å². The maximum atomic E-state index is 5.62. The van der Waals surface area contributed by atoms with Crippen molar-refractivity contribution in [3.8, 4) is 5.95 Å². The summed E-state index contributed by atoms with van der Waals surface area (Å²) in [5.74, 6) is 1.04. The Hall–Kier alpha value is -1.18. The van der Waals surface area contributed by atoms with Crippen LogP contribution in [-0.2, 0) is 0 Å². The van der Waals surface area contributed by atoms with E-state index in [1.807, 2.05) is 6.92 Å². The van der Waals surface area contributed by atoms with Gasteiger partial charge in [-0.05, 0) is 29.5 Å². The number of nitrogen functional groups attached to an aromatic ring is 1. The quantitative estimate of drug-likeness (QED) is 0.802. The normalized spacial score (nSPS) is 10.4. The Labute approximate surface area is 94.5 Å². The largest absolute Gasteiger partial charge is 0.382 e. The average molecular weight is 301 g/mol. The van der Waals surface area contributed by atoms with E-state index < -0.39 is 0 Å². The van der Waals surface area contributed by atoms with Crippen molar-refractivity contribution >= 4 is 28.4 Å². The van der Waals surface area contributed by atoms with Gasteiger partial charge in [0.2, 0.25) is 0 Å². The molecule has 0 aromatic carbocycles. The maximum Gasteiger partial charge on any atom is 0.250 e. The van der Waals surface area contributed by atoms with Crippen LogP contribution in [0.3, 0.4) is 0 Å². The molecule has 0 radical (unpaired) electrons. The van der Waals surface area contributed by atoms with Crippen LogP contribution in [-0.4, -0.2) is 19.7 Å². The van der Waals surface area contributed by atoms with E-state index in [9.17, 15) is 0 Å². The predicted octanol–water partition coefficient (Wildman–Crippen LogP) is 1.16. The van der Waals surface area contributed by atoms with Crippen LogP contribution in [0.25, 0.3) is 5.95 Å². The molecule has 0 unspecified atom stereocenters. The lowest BCUT2D eigenvalue weighted by atomic mass is 10.4. The first kappa shape index (κ1) is 9.38. The smallest absolute Gasteiger partial charge is 0.250 e. The van der Waals surface area contributed by atoms with E-state index in [0.29, 0.717) is 11.8 Å². The molecule has 0 saturated carbocycles. The third-order valence-electron chi connectivity index (χ3n) is 1.75. The van der Waals surface area contributed by atoms with Gasteiger partial charge in [0.15, 0.2) is 0 Å². The molecule has 2 rings (SSSR count). The molecule has 2 aromatic rings. The topological polar surface area (TPSA) is 69.6 Å². The molecule has 0 aliphatic carbocycles. The fourth-order valence-electron chi connectivity index (χ4n) is 1.000. The van der Waals surface area contributed by atoms with Crippen LogP contribution in [0.15, 0.2) is 18.6 Å². The standard InChI is InChI=1S/C8H8IN5/c1-5-4-14(13-7(5)10)8-11-2-6(9)3-12-8/h2-4H,1H3,(H2,10,13). The van der Waals surface area contributed by atoms with E-state index in [1.54, 1.807) is 23.3 Å². The van der Waals surface area contributed by atoms with Crippen LogP contribution >= 0.6 is 22.6 Å². The van der Waals surface area contributed by atoms with Gasteiger partial charge in [-0.2, -0.15) is 0 Å². The predicted molar refractivity (Wildman–Crippen MR) is 61.0 cm³/mol. The second kappa shape index (κ2) is 3.52. The van der Waals surface area contributed by atoms with Crippen LogP contribution in [0.2, 0.25) is 0 Å². The Morgan fingerprint density at radius 1 is 1.36 bits per heavy atom. The highest BCUT2D eigenvalue weighted by molar-refractivity contribution is 14.1. The highest BCUT2D eigenvalue weighted by atomic mass is 127. The van der Waals surface area contributed by atoms with Gasteiger partial charge in [-0.15, -0.1) is 5.10 Å². The minimum Gasteiger partial charge on any atom is -0.382 e. The van der Waals surface area contributed by atoms with Crippen molar-refractivity contribution in [1.29, 1.82) is 0 Å². The Bertz CT molecular complexity index is 428. The van der Waals surface area contributed by atoms with E-state index in [1.165, 1.54) is 0 Å². The van der Waals surface area contributed by atoms with Crippen molar-refractivity contribution in [3.63, 3.8) is 0 Å². The maximum absolute atomic E-state index is 5.62. The first-order valence-corrected chi connectivity index (χ1v) is 5.04. The molecule has 2 aromatic heterocycles. The van der Waals surface area contributed by atoms with Crippen molar-refractivity contribution in [1.82, 2.24) is 19.7 Å². The van der Waals surface area contributed by atoms with E-state index in [-0.39, 0.29) is 0 Å². The Kier molecular flexibility index (Phi) is 2.36. The van der Waals surface area contributed by atoms with Gasteiger partial charge in [0.05, 0.1) is 0 Å². The van der Waals surface area contributed by atoms with Crippen LogP contribution < -0.4 is 5.73 Å². The summed E-state index contributed by atoms with van der Waals surface area (Å²) in [7, 11) is 0. The number of nitrogens with two attached hydrogens (primary N) is 1. The highest BCUT2D eigenvalue weighted by Crippen LogP contribution is 2.09. The lowest BCUT2D eigenvalue weighted by Crippen LogP contribution is -2.01. The zero-order valence-corrected chi connectivity index (χ0v) is 9.63. The van der Waals surface area contributed by atoms with Gasteiger partial charge < -0.3 is 5.73 Å². The van der Waals surface area contributed by atoms with Crippen LogP contribution in [0, 0.1) is 10.5 Å². The molecule has 6 heteroatoms. The number of anilines is 1. The molecular formula is C8H8IN5. The first-order chi connectivity index (χ1) is 6.66. The number of hydrogen-bond donors (Lipinski definition) is 1. The molecule has 0 bridgehead atoms. The molecule has 0 atom stereocenters. The van der Waals surface area contributed by atoms with Crippen molar-refractivity contribution in [2.75, 3.05) is 5.73 Å². The molecule has 0 saturated heterocycles. The van der Waals surface area contributed by atoms with Crippen LogP contribution in [0.1, 0.15) is 5.56 Å². The fraction of sp³-hybridized carbons (Fsp3) is 0.125. The Morgan fingerprint density at radius 3 is 2.50 bits per heavy atom. The van der Waals surface area contributed by atoms with Crippen molar-refractivity contribution in [2.24, 2.45) is 0 Å². The Morgan fingerprint density at radius 2 is 2.00 bits per heavy atom. The molecule has 0 spiro atoms. The number of aryl methyl sites for hydroxylation is 1. The van der Waals surface area contributed by atoms with Crippen molar-refractivity contribution in [3.05, 3.63) is 27.7 Å². The monoisotopic (exact) mass is 301 g/mol. The minimum atomic E-state index is 0.507. The van der Waals surface area contributed by atoms with E-state index in [2.05, 4.69) is 37.7 Å². The second-order valence-electron chi connectivity index (χ2n) is 2.84. The van der Waals surface area contributed by atoms with Gasteiger partial charge in [0.1, 0.15) is 5.82 Å². The summed E-state index contributed by atoms with van der Waals surface area (Å²) in [5, 5.41) is 4.08. The molecule has 0 amide bonds. The third kappa shape index (κ3) is 1.69. The summed E-state index contributed by atoms with van der Waals surface area (Å²) in [6, 6.07) is 0. The SMILES string of the molecule is Cc1cn(-c2ncc(I)cn2)nc1N. The van der Waals surface area contributed by atoms with E-state index in [4.69, 9.17) is 5.73 Å². The second-order valence-corrected chi connectivity index (χ2v) is 4.09. The summed E-state index contributed by atoms with van der Waals surface area (Å²) >= 11 is 2.15. The zero-order valence-electron chi connectivity index (χ0n) is 7.48. The van der Waals surface area contributed by atoms with Crippen molar-refractivity contribution in [2.45, 2.75) is 6.92 Å². The molecule has 72 valence electrons. The molecule has 0 aliphatic rings. The zero-order chi connectivity index (χ0) is 10.1. The van der Waals surface area contributed by atoms with Gasteiger partial charge in [-0.1, -0.05) is 0 Å². The summed E-state index contributed by atoms with van der Waals surface area (Å²) in [5.41, 5.74) is 6.54. The minimum absolute atomic E-state index is 0.507. The number of hydrogen-bond acceptors (Lipinski definition) is 4. The number of halogens is 1. The van der Waals surface area contributed by atoms with Crippen LogP contribution in [0.5, 0.6) is 0 Å². The average Bonchev–Trinajstić information content (AvgIpc) is 2.48. The van der Waals surface area contributed by atoms with Gasteiger partial charge in [-0.25, -0.2) is 14.6 Å². The summed E-state index contributed by atoms with van der Waals surface area (Å²) in [6.07, 6.45) is 5.27. The fourth-order valence-corrected chi connectivity index (χ4v) is 1.28. The summed E-state index contributed by atoms with van der Waals surface area (Å²) in [4.78, 5) is 8.26. The summed E-state index contributed by atoms with van der Waals surface area (Å²) < 4.78 is 2.56. The molecule has 2 N–H and O–H groups in total. The molecule has 0 fully saturated rings. The molecule has 0 aliphatic heterocycles. The van der Waals surface area contributed by atoms with Gasteiger partial charge in [0.25, 0.3) is 5.95 Å². The number of nitrogens with zero attached hydrogens (tertiary/aromatic N) is 4. The van der Waals surface area contributed by atoms with Gasteiger partial charge in [0, 0.05) is 27.7 Å². The highest BCUT2D eigenvalue weighted by Gasteiger charge is 2.04. The van der Waals surface area contributed by atoms with Crippen LogP contribution in [0.4, 0.5) is 5.82 Å².